The van der Waals surface area contributed by atoms with Gasteiger partial charge < -0.3 is 31.4 Å². The number of carbonyl (C=O) groups excluding carboxylic acids is 2. The summed E-state index contributed by atoms with van der Waals surface area (Å²) < 4.78 is 18.3. The molecule has 2 heterocycles. The van der Waals surface area contributed by atoms with Gasteiger partial charge in [0.25, 0.3) is 0 Å². The Hall–Kier alpha value is -4.10. The van der Waals surface area contributed by atoms with Crippen molar-refractivity contribution in [1.82, 2.24) is 15.3 Å². The maximum absolute atomic E-state index is 12.7. The highest BCUT2D eigenvalue weighted by Crippen LogP contribution is 2.29. The fourth-order valence-corrected chi connectivity index (χ4v) is 6.47. The van der Waals surface area contributed by atoms with Crippen LogP contribution in [0, 0.1) is 31.3 Å². The fourth-order valence-electron chi connectivity index (χ4n) is 6.47. The molecule has 352 valence electrons. The number of likely N-dealkylation sites (N-methyl/N-ethyl adjacent to an activating group) is 1. The number of nitrogens with zero attached hydrogens (tertiary/aromatic N) is 3. The lowest BCUT2D eigenvalue weighted by Crippen LogP contribution is -2.37. The second-order valence-corrected chi connectivity index (χ2v) is 16.6. The lowest BCUT2D eigenvalue weighted by molar-refractivity contribution is -0.107. The maximum Gasteiger partial charge on any atom is 0.310 e. The Morgan fingerprint density at radius 3 is 1.79 bits per heavy atom. The number of rotatable bonds is 25. The van der Waals surface area contributed by atoms with Crippen molar-refractivity contribution in [3.05, 3.63) is 47.4 Å². The molecule has 10 nitrogen and oxygen atoms in total. The van der Waals surface area contributed by atoms with Crippen LogP contribution in [0.2, 0.25) is 0 Å². The number of carbonyl (C=O) groups is 1. The monoisotopic (exact) mass is 867 g/mol. The molecule has 1 aromatic heterocycles. The standard InChI is InChI=1S/C20H40O.C10H15N.C9H13FN4.C9H15NO.C3H4O2/c1-2-3-4-5-6-7-8-9-10-11-12-13-14-15-16-17-18-19-20-21;1-2-3-4-9-5-7-10(11)8-6-9;1-5(2)4-12-7-6(3)13-9(10)14-8(7)11;1-4-9(7-10-3)6-5-8(2)11-9;1-3(5)2-4/h20H,2-19H2,1H3;5-8H,2-4,11H2,1H3;4-5H,1-3H3,(H2,11,13,14);1,8,10H,5-7H2,2-3H3;5H,1H3. The molecule has 0 radical (unpaired) electrons. The van der Waals surface area contributed by atoms with Crippen LogP contribution < -0.4 is 16.8 Å². The number of terminal acetylenes is 1. The Morgan fingerprint density at radius 2 is 1.42 bits per heavy atom. The lowest BCUT2D eigenvalue weighted by Gasteiger charge is -2.22. The van der Waals surface area contributed by atoms with Gasteiger partial charge in [0.2, 0.25) is 0 Å². The summed E-state index contributed by atoms with van der Waals surface area (Å²) in [5, 5.41) is 10.9. The van der Waals surface area contributed by atoms with Crippen LogP contribution in [0.15, 0.2) is 35.0 Å². The predicted octanol–water partition coefficient (Wildman–Crippen LogP) is 12.8. The van der Waals surface area contributed by atoms with Gasteiger partial charge in [0.1, 0.15) is 17.6 Å². The first-order chi connectivity index (χ1) is 29.7. The topological polar surface area (TPSA) is 166 Å². The Morgan fingerprint density at radius 1 is 0.935 bits per heavy atom. The molecule has 0 bridgehead atoms. The van der Waals surface area contributed by atoms with E-state index in [1.54, 1.807) is 13.1 Å². The summed E-state index contributed by atoms with van der Waals surface area (Å²) in [4.78, 5) is 30.3. The second kappa shape index (κ2) is 40.9. The molecule has 0 amide bonds. The number of halogens is 1. The maximum atomic E-state index is 12.7. The van der Waals surface area contributed by atoms with Crippen LogP contribution in [0.5, 0.6) is 0 Å². The van der Waals surface area contributed by atoms with Crippen LogP contribution in [0.3, 0.4) is 0 Å². The molecular weight excluding hydrogens is 780 g/mol. The van der Waals surface area contributed by atoms with Crippen molar-refractivity contribution in [2.45, 2.75) is 208 Å². The van der Waals surface area contributed by atoms with E-state index in [9.17, 15) is 9.18 Å². The summed E-state index contributed by atoms with van der Waals surface area (Å²) in [5.41, 5.74) is 13.9. The average Bonchev–Trinajstić information content (AvgIpc) is 3.62. The number of hydrogen-bond donors (Lipinski definition) is 4. The predicted molar refractivity (Wildman–Crippen MR) is 261 cm³/mol. The molecule has 6 N–H and O–H groups in total. The number of aryl methyl sites for hydroxylation is 2. The summed E-state index contributed by atoms with van der Waals surface area (Å²) in [6.07, 6.45) is 37.9. The zero-order valence-corrected chi connectivity index (χ0v) is 40.2. The van der Waals surface area contributed by atoms with E-state index in [-0.39, 0.29) is 17.2 Å². The molecule has 0 spiro atoms. The molecule has 2 unspecified atom stereocenters. The van der Waals surface area contributed by atoms with Crippen molar-refractivity contribution in [2.75, 3.05) is 25.1 Å². The number of nitrogen functional groups attached to an aromatic ring is 2. The summed E-state index contributed by atoms with van der Waals surface area (Å²) in [6.45, 7) is 14.2. The highest BCUT2D eigenvalue weighted by atomic mass is 19.1. The number of ether oxygens (including phenoxy) is 1. The van der Waals surface area contributed by atoms with E-state index in [2.05, 4.69) is 59.1 Å². The van der Waals surface area contributed by atoms with E-state index in [0.717, 1.165) is 44.2 Å². The van der Waals surface area contributed by atoms with E-state index < -0.39 is 6.08 Å². The number of hydrogen-bond acceptors (Lipinski definition) is 10. The van der Waals surface area contributed by atoms with Crippen LogP contribution in [0.1, 0.15) is 194 Å². The Balaban J connectivity index is 0. The number of benzene rings is 1. The minimum atomic E-state index is -0.816. The Labute approximate surface area is 377 Å². The molecule has 2 aromatic rings. The van der Waals surface area contributed by atoms with Crippen molar-refractivity contribution >= 4 is 35.6 Å². The van der Waals surface area contributed by atoms with Gasteiger partial charge in [-0.3, -0.25) is 4.99 Å². The lowest BCUT2D eigenvalue weighted by atomic mass is 10.0. The highest BCUT2D eigenvalue weighted by Gasteiger charge is 2.35. The molecular formula is C51H87FN6O4. The minimum Gasteiger partial charge on any atom is -0.502 e. The molecule has 1 aliphatic heterocycles. The molecule has 2 atom stereocenters. The molecule has 3 rings (SSSR count). The van der Waals surface area contributed by atoms with Crippen LogP contribution in [-0.2, 0) is 20.7 Å². The van der Waals surface area contributed by atoms with E-state index in [0.29, 0.717) is 23.4 Å². The number of nitrogens with one attached hydrogen (secondary N) is 1. The average molecular weight is 867 g/mol. The van der Waals surface area contributed by atoms with Crippen molar-refractivity contribution in [3.8, 4) is 12.3 Å². The summed E-state index contributed by atoms with van der Waals surface area (Å²) >= 11 is 0. The minimum absolute atomic E-state index is 0.0758. The first-order valence-electron chi connectivity index (χ1n) is 23.6. The third-order valence-corrected chi connectivity index (χ3v) is 10.0. The number of aliphatic imine (C=N–C) groups is 1. The third-order valence-electron chi connectivity index (χ3n) is 10.0. The van der Waals surface area contributed by atoms with Crippen molar-refractivity contribution < 1.29 is 23.8 Å². The van der Waals surface area contributed by atoms with Gasteiger partial charge in [-0.25, -0.2) is 9.78 Å². The second-order valence-electron chi connectivity index (χ2n) is 16.6. The van der Waals surface area contributed by atoms with Gasteiger partial charge in [0, 0.05) is 31.8 Å². The third kappa shape index (κ3) is 35.5. The SMILES string of the molecule is C#CC1(CNC)CCC(C)O1.CC(O)=C=O.CCCCCCCCCCCCCCCCCCCC=O.CCCCc1ccc(N)cc1.Cc1nc(F)nc(N)c1N=CC(C)C. The molecule has 0 saturated carbocycles. The molecule has 1 saturated heterocycles. The number of aliphatic hydroxyl groups excluding tert-OH is 1. The largest absolute Gasteiger partial charge is 0.502 e. The van der Waals surface area contributed by atoms with Crippen molar-refractivity contribution in [3.63, 3.8) is 0 Å². The number of allylic oxidation sites excluding steroid dienone is 1. The Bertz CT molecular complexity index is 1480. The molecule has 1 fully saturated rings. The quantitative estimate of drug-likeness (QED) is 0.0111. The fraction of sp³-hybridized carbons (Fsp3) is 0.686. The van der Waals surface area contributed by atoms with E-state index in [1.807, 2.05) is 33.0 Å². The van der Waals surface area contributed by atoms with Crippen molar-refractivity contribution in [1.29, 1.82) is 0 Å². The number of unbranched alkanes of at least 4 members (excludes halogenated alkanes) is 18. The van der Waals surface area contributed by atoms with Gasteiger partial charge in [-0.1, -0.05) is 155 Å². The van der Waals surface area contributed by atoms with Crippen LogP contribution in [0.25, 0.3) is 0 Å². The molecule has 1 aromatic carbocycles. The first-order valence-corrected chi connectivity index (χ1v) is 23.6. The number of anilines is 2. The smallest absolute Gasteiger partial charge is 0.310 e. The molecule has 62 heavy (non-hydrogen) atoms. The van der Waals surface area contributed by atoms with Gasteiger partial charge in [0.05, 0.1) is 11.8 Å². The van der Waals surface area contributed by atoms with Crippen LogP contribution >= 0.6 is 0 Å². The van der Waals surface area contributed by atoms with E-state index in [1.165, 1.54) is 140 Å². The molecule has 1 aliphatic rings. The number of aldehydes is 1. The van der Waals surface area contributed by atoms with Gasteiger partial charge in [-0.2, -0.15) is 9.37 Å². The number of aromatic nitrogens is 2. The summed E-state index contributed by atoms with van der Waals surface area (Å²) in [6, 6.07) is 8.13. The summed E-state index contributed by atoms with van der Waals surface area (Å²) in [5.74, 6) is 4.05. The zero-order chi connectivity index (χ0) is 46.9. The first kappa shape index (κ1) is 60.0. The Kier molecular flexibility index (Phi) is 39.6. The van der Waals surface area contributed by atoms with Crippen molar-refractivity contribution in [2.24, 2.45) is 10.9 Å². The van der Waals surface area contributed by atoms with Crippen LogP contribution in [0.4, 0.5) is 21.6 Å². The van der Waals surface area contributed by atoms with Gasteiger partial charge in [-0.15, -0.1) is 6.42 Å². The van der Waals surface area contributed by atoms with E-state index >= 15 is 0 Å². The van der Waals surface area contributed by atoms with Crippen LogP contribution in [-0.4, -0.2) is 58.8 Å². The van der Waals surface area contributed by atoms with Gasteiger partial charge in [-0.05, 0) is 76.6 Å². The number of aliphatic hydroxyl groups is 1. The number of nitrogens with two attached hydrogens (primary N) is 2. The molecule has 11 heteroatoms. The summed E-state index contributed by atoms with van der Waals surface area (Å²) in [7, 11) is 1.89. The normalized spacial score (nSPS) is 15.1. The highest BCUT2D eigenvalue weighted by molar-refractivity contribution is 5.70. The zero-order valence-electron chi connectivity index (χ0n) is 40.2. The van der Waals surface area contributed by atoms with E-state index in [4.69, 9.17) is 32.5 Å². The van der Waals surface area contributed by atoms with Gasteiger partial charge >= 0.3 is 6.08 Å². The molecule has 0 aliphatic carbocycles. The van der Waals surface area contributed by atoms with Gasteiger partial charge in [0.15, 0.2) is 17.5 Å².